The van der Waals surface area contributed by atoms with Gasteiger partial charge in [-0.3, -0.25) is 14.5 Å². The highest BCUT2D eigenvalue weighted by Gasteiger charge is 2.47. The number of phenols is 1. The molecule has 1 aliphatic rings. The Morgan fingerprint density at radius 1 is 1.00 bits per heavy atom. The molecule has 1 unspecified atom stereocenters. The Morgan fingerprint density at radius 2 is 1.68 bits per heavy atom. The first-order valence-electron chi connectivity index (χ1n) is 9.41. The molecular weight excluding hydrogens is 462 g/mol. The molecule has 1 amide bonds. The van der Waals surface area contributed by atoms with Gasteiger partial charge in [-0.15, -0.1) is 0 Å². The number of ether oxygens (including phenoxy) is 1. The molecule has 156 valence electrons. The minimum Gasteiger partial charge on any atom is -0.507 e. The van der Waals surface area contributed by atoms with Gasteiger partial charge in [0.05, 0.1) is 18.7 Å². The Labute approximate surface area is 187 Å². The number of nitrogens with zero attached hydrogens (tertiary/aromatic N) is 1. The molecule has 1 saturated heterocycles. The van der Waals surface area contributed by atoms with E-state index in [1.54, 1.807) is 66.7 Å². The van der Waals surface area contributed by atoms with E-state index in [4.69, 9.17) is 4.74 Å². The van der Waals surface area contributed by atoms with E-state index in [1.165, 1.54) is 18.1 Å². The van der Waals surface area contributed by atoms with Gasteiger partial charge in [-0.25, -0.2) is 0 Å². The number of ketones is 1. The second kappa shape index (κ2) is 8.28. The number of Topliss-reactive ketones (excluding diaryl/α,β-unsaturated/α-hetero) is 1. The maximum absolute atomic E-state index is 13.1. The van der Waals surface area contributed by atoms with Crippen LogP contribution in [0, 0.1) is 0 Å². The van der Waals surface area contributed by atoms with Crippen LogP contribution >= 0.6 is 15.9 Å². The van der Waals surface area contributed by atoms with Gasteiger partial charge in [0.15, 0.2) is 11.5 Å². The van der Waals surface area contributed by atoms with E-state index in [1.807, 2.05) is 0 Å². The number of aliphatic hydroxyl groups is 1. The predicted molar refractivity (Wildman–Crippen MR) is 120 cm³/mol. The third-order valence-corrected chi connectivity index (χ3v) is 5.64. The zero-order valence-corrected chi connectivity index (χ0v) is 18.0. The van der Waals surface area contributed by atoms with Crippen molar-refractivity contribution in [2.45, 2.75) is 6.04 Å². The van der Waals surface area contributed by atoms with Gasteiger partial charge in [-0.05, 0) is 42.0 Å². The first-order valence-corrected chi connectivity index (χ1v) is 10.2. The normalized spacial score (nSPS) is 17.7. The van der Waals surface area contributed by atoms with Gasteiger partial charge >= 0.3 is 0 Å². The minimum atomic E-state index is -0.902. The SMILES string of the molecule is COc1cc(C2/C(=C(/O)c3ccc(Br)cc3)C(=O)C(=O)N2c2ccccc2)ccc1O. The number of halogens is 1. The van der Waals surface area contributed by atoms with Crippen molar-refractivity contribution in [3.63, 3.8) is 0 Å². The number of hydrogen-bond donors (Lipinski definition) is 2. The molecule has 1 aliphatic heterocycles. The van der Waals surface area contributed by atoms with Gasteiger partial charge in [0.25, 0.3) is 11.7 Å². The summed E-state index contributed by atoms with van der Waals surface area (Å²) in [6.07, 6.45) is 0. The van der Waals surface area contributed by atoms with Crippen LogP contribution in [0.3, 0.4) is 0 Å². The fraction of sp³-hybridized carbons (Fsp3) is 0.0833. The van der Waals surface area contributed by atoms with Crippen LogP contribution in [0.1, 0.15) is 17.2 Å². The van der Waals surface area contributed by atoms with Gasteiger partial charge in [0.2, 0.25) is 0 Å². The smallest absolute Gasteiger partial charge is 0.300 e. The maximum Gasteiger partial charge on any atom is 0.300 e. The molecular formula is C24H18BrNO5. The number of methoxy groups -OCH3 is 1. The zero-order valence-electron chi connectivity index (χ0n) is 16.4. The largest absolute Gasteiger partial charge is 0.507 e. The summed E-state index contributed by atoms with van der Waals surface area (Å²) in [5, 5.41) is 21.1. The molecule has 31 heavy (non-hydrogen) atoms. The molecule has 1 fully saturated rings. The summed E-state index contributed by atoms with van der Waals surface area (Å²) in [5.41, 5.74) is 1.39. The van der Waals surface area contributed by atoms with E-state index in [0.717, 1.165) is 4.47 Å². The van der Waals surface area contributed by atoms with Crippen LogP contribution in [0.25, 0.3) is 5.76 Å². The second-order valence-corrected chi connectivity index (χ2v) is 7.86. The number of rotatable bonds is 4. The van der Waals surface area contributed by atoms with Crippen molar-refractivity contribution in [1.29, 1.82) is 0 Å². The van der Waals surface area contributed by atoms with Gasteiger partial charge in [-0.1, -0.05) is 52.3 Å². The molecule has 0 bridgehead atoms. The Kier molecular flexibility index (Phi) is 5.52. The fourth-order valence-corrected chi connectivity index (χ4v) is 3.89. The molecule has 1 heterocycles. The summed E-state index contributed by atoms with van der Waals surface area (Å²) < 4.78 is 6.02. The number of aromatic hydroxyl groups is 1. The minimum absolute atomic E-state index is 0.0380. The van der Waals surface area contributed by atoms with Gasteiger partial charge < -0.3 is 14.9 Å². The van der Waals surface area contributed by atoms with E-state index in [2.05, 4.69) is 15.9 Å². The molecule has 3 aromatic rings. The molecule has 6 nitrogen and oxygen atoms in total. The first kappa shape index (κ1) is 20.7. The van der Waals surface area contributed by atoms with Crippen LogP contribution in [-0.4, -0.2) is 29.0 Å². The Hall–Kier alpha value is -3.58. The lowest BCUT2D eigenvalue weighted by molar-refractivity contribution is -0.132. The molecule has 3 aromatic carbocycles. The van der Waals surface area contributed by atoms with Gasteiger partial charge in [0.1, 0.15) is 5.76 Å². The fourth-order valence-electron chi connectivity index (χ4n) is 3.63. The van der Waals surface area contributed by atoms with Gasteiger partial charge in [0, 0.05) is 15.7 Å². The van der Waals surface area contributed by atoms with Crippen molar-refractivity contribution in [3.05, 3.63) is 94.0 Å². The molecule has 0 spiro atoms. The topological polar surface area (TPSA) is 87.1 Å². The van der Waals surface area contributed by atoms with Crippen LogP contribution in [0.5, 0.6) is 11.5 Å². The number of benzene rings is 3. The molecule has 0 aromatic heterocycles. The zero-order chi connectivity index (χ0) is 22.1. The molecule has 0 saturated carbocycles. The summed E-state index contributed by atoms with van der Waals surface area (Å²) in [4.78, 5) is 27.5. The highest BCUT2D eigenvalue weighted by Crippen LogP contribution is 2.43. The van der Waals surface area contributed by atoms with E-state index < -0.39 is 17.7 Å². The van der Waals surface area contributed by atoms with Crippen molar-refractivity contribution >= 4 is 39.1 Å². The van der Waals surface area contributed by atoms with Crippen molar-refractivity contribution in [2.75, 3.05) is 12.0 Å². The lowest BCUT2D eigenvalue weighted by Crippen LogP contribution is -2.29. The lowest BCUT2D eigenvalue weighted by atomic mass is 9.95. The second-order valence-electron chi connectivity index (χ2n) is 6.94. The number of hydrogen-bond acceptors (Lipinski definition) is 5. The van der Waals surface area contributed by atoms with Crippen LogP contribution in [0.15, 0.2) is 82.8 Å². The summed E-state index contributed by atoms with van der Waals surface area (Å²) in [5.74, 6) is -1.69. The number of amides is 1. The third-order valence-electron chi connectivity index (χ3n) is 5.12. The highest BCUT2D eigenvalue weighted by molar-refractivity contribution is 9.10. The third kappa shape index (κ3) is 3.68. The number of para-hydroxylation sites is 1. The molecule has 0 aliphatic carbocycles. The highest BCUT2D eigenvalue weighted by atomic mass is 79.9. The van der Waals surface area contributed by atoms with Crippen molar-refractivity contribution < 1.29 is 24.5 Å². The van der Waals surface area contributed by atoms with E-state index >= 15 is 0 Å². The number of anilines is 1. The molecule has 4 rings (SSSR count). The number of carbonyl (C=O) groups excluding carboxylic acids is 2. The number of phenolic OH excluding ortho intramolecular Hbond substituents is 1. The van der Waals surface area contributed by atoms with Crippen molar-refractivity contribution in [1.82, 2.24) is 0 Å². The van der Waals surface area contributed by atoms with E-state index in [-0.39, 0.29) is 22.8 Å². The van der Waals surface area contributed by atoms with E-state index in [0.29, 0.717) is 16.8 Å². The quantitative estimate of drug-likeness (QED) is 0.319. The molecule has 7 heteroatoms. The Bertz CT molecular complexity index is 1190. The monoisotopic (exact) mass is 479 g/mol. The maximum atomic E-state index is 13.1. The summed E-state index contributed by atoms with van der Waals surface area (Å²) in [6.45, 7) is 0. The Morgan fingerprint density at radius 3 is 2.32 bits per heavy atom. The van der Waals surface area contributed by atoms with Crippen LogP contribution in [0.4, 0.5) is 5.69 Å². The average molecular weight is 480 g/mol. The predicted octanol–water partition coefficient (Wildman–Crippen LogP) is 4.79. The summed E-state index contributed by atoms with van der Waals surface area (Å²) >= 11 is 3.35. The van der Waals surface area contributed by atoms with Crippen LogP contribution in [0.2, 0.25) is 0 Å². The molecule has 2 N–H and O–H groups in total. The standard InChI is InChI=1S/C24H18BrNO5/c1-31-19-13-15(9-12-18(19)27)21-20(22(28)14-7-10-16(25)11-8-14)23(29)24(30)26(21)17-5-3-2-4-6-17/h2-13,21,27-28H,1H3/b22-20-. The van der Waals surface area contributed by atoms with Crippen LogP contribution < -0.4 is 9.64 Å². The number of carbonyl (C=O) groups is 2. The first-order chi connectivity index (χ1) is 14.9. The number of aliphatic hydroxyl groups excluding tert-OH is 1. The average Bonchev–Trinajstić information content (AvgIpc) is 3.05. The van der Waals surface area contributed by atoms with Crippen molar-refractivity contribution in [2.24, 2.45) is 0 Å². The summed E-state index contributed by atoms with van der Waals surface area (Å²) in [7, 11) is 1.41. The van der Waals surface area contributed by atoms with Crippen molar-refractivity contribution in [3.8, 4) is 11.5 Å². The lowest BCUT2D eigenvalue weighted by Gasteiger charge is -2.25. The molecule has 1 atom stereocenters. The molecule has 0 radical (unpaired) electrons. The Balaban J connectivity index is 1.96. The van der Waals surface area contributed by atoms with Crippen LogP contribution in [-0.2, 0) is 9.59 Å². The van der Waals surface area contributed by atoms with Gasteiger partial charge in [-0.2, -0.15) is 0 Å². The summed E-state index contributed by atoms with van der Waals surface area (Å²) in [6, 6.07) is 19.2. The van der Waals surface area contributed by atoms with E-state index in [9.17, 15) is 19.8 Å².